The van der Waals surface area contributed by atoms with Crippen LogP contribution in [0.15, 0.2) is 24.3 Å². The van der Waals surface area contributed by atoms with Gasteiger partial charge in [0.1, 0.15) is 0 Å². The van der Waals surface area contributed by atoms with Crippen molar-refractivity contribution in [3.63, 3.8) is 0 Å². The van der Waals surface area contributed by atoms with Crippen LogP contribution in [0.3, 0.4) is 0 Å². The molecule has 4 rings (SSSR count). The molecule has 3 saturated heterocycles. The Morgan fingerprint density at radius 3 is 2.71 bits per heavy atom. The van der Waals surface area contributed by atoms with Crippen molar-refractivity contribution in [2.24, 2.45) is 5.92 Å². The van der Waals surface area contributed by atoms with Crippen LogP contribution in [0.4, 0.5) is 11.4 Å². The third-order valence-corrected chi connectivity index (χ3v) is 5.25. The first-order valence-corrected chi connectivity index (χ1v) is 8.22. The second-order valence-electron chi connectivity index (χ2n) is 6.59. The number of benzene rings is 1. The summed E-state index contributed by atoms with van der Waals surface area (Å²) in [7, 11) is 0. The van der Waals surface area contributed by atoms with Crippen molar-refractivity contribution < 1.29 is 4.79 Å². The van der Waals surface area contributed by atoms with Crippen molar-refractivity contribution in [1.82, 2.24) is 5.32 Å². The summed E-state index contributed by atoms with van der Waals surface area (Å²) in [5, 5.41) is 6.74. The zero-order valence-electron chi connectivity index (χ0n) is 12.3. The van der Waals surface area contributed by atoms with Gasteiger partial charge in [-0.15, -0.1) is 0 Å². The van der Waals surface area contributed by atoms with E-state index in [4.69, 9.17) is 0 Å². The zero-order chi connectivity index (χ0) is 14.2. The molecule has 112 valence electrons. The average molecular weight is 285 g/mol. The number of hydrogen-bond donors (Lipinski definition) is 2. The Hall–Kier alpha value is -1.55. The Kier molecular flexibility index (Phi) is 3.34. The van der Waals surface area contributed by atoms with Crippen molar-refractivity contribution >= 4 is 17.3 Å². The number of rotatable bonds is 3. The van der Waals surface area contributed by atoms with Crippen molar-refractivity contribution in [2.75, 3.05) is 23.3 Å². The van der Waals surface area contributed by atoms with E-state index in [1.54, 1.807) is 0 Å². The topological polar surface area (TPSA) is 44.4 Å². The van der Waals surface area contributed by atoms with Gasteiger partial charge < -0.3 is 15.5 Å². The van der Waals surface area contributed by atoms with E-state index in [-0.39, 0.29) is 11.8 Å². The Labute approximate surface area is 125 Å². The average Bonchev–Trinajstić information content (AvgIpc) is 3.25. The van der Waals surface area contributed by atoms with Crippen molar-refractivity contribution in [3.8, 4) is 0 Å². The van der Waals surface area contributed by atoms with Crippen molar-refractivity contribution in [1.29, 1.82) is 0 Å². The van der Waals surface area contributed by atoms with Crippen LogP contribution in [0.25, 0.3) is 0 Å². The second-order valence-corrected chi connectivity index (χ2v) is 6.59. The zero-order valence-corrected chi connectivity index (χ0v) is 12.3. The van der Waals surface area contributed by atoms with E-state index in [0.717, 1.165) is 31.6 Å². The lowest BCUT2D eigenvalue weighted by atomic mass is 9.88. The highest BCUT2D eigenvalue weighted by Crippen LogP contribution is 2.35. The predicted molar refractivity (Wildman–Crippen MR) is 84.6 cm³/mol. The lowest BCUT2D eigenvalue weighted by molar-refractivity contribution is -0.120. The van der Waals surface area contributed by atoms with Gasteiger partial charge in [0.2, 0.25) is 5.91 Å². The molecule has 0 saturated carbocycles. The first-order valence-electron chi connectivity index (χ1n) is 8.22. The van der Waals surface area contributed by atoms with Gasteiger partial charge in [0.05, 0.1) is 17.3 Å². The van der Waals surface area contributed by atoms with E-state index < -0.39 is 0 Å². The molecule has 2 N–H and O–H groups in total. The van der Waals surface area contributed by atoms with Crippen molar-refractivity contribution in [3.05, 3.63) is 24.3 Å². The normalized spacial score (nSPS) is 30.9. The number of carbonyl (C=O) groups excluding carboxylic acids is 1. The molecule has 21 heavy (non-hydrogen) atoms. The van der Waals surface area contributed by atoms with E-state index >= 15 is 0 Å². The fourth-order valence-corrected chi connectivity index (χ4v) is 4.15. The molecule has 4 heteroatoms. The van der Waals surface area contributed by atoms with Crippen LogP contribution in [0, 0.1) is 5.92 Å². The maximum atomic E-state index is 12.6. The molecule has 0 aromatic heterocycles. The van der Waals surface area contributed by atoms with Crippen LogP contribution in [0.2, 0.25) is 0 Å². The Bertz CT molecular complexity index is 539. The minimum absolute atomic E-state index is 0.149. The summed E-state index contributed by atoms with van der Waals surface area (Å²) in [5.74, 6) is 0.344. The number of nitrogens with one attached hydrogen (secondary N) is 2. The summed E-state index contributed by atoms with van der Waals surface area (Å²) in [6.45, 7) is 2.20. The summed E-state index contributed by atoms with van der Waals surface area (Å²) in [6, 6.07) is 9.19. The smallest absolute Gasteiger partial charge is 0.229 e. The summed E-state index contributed by atoms with van der Waals surface area (Å²) >= 11 is 0. The molecule has 3 fully saturated rings. The highest BCUT2D eigenvalue weighted by molar-refractivity contribution is 5.96. The lowest BCUT2D eigenvalue weighted by Gasteiger charge is -2.24. The molecule has 1 aromatic rings. The Morgan fingerprint density at radius 2 is 2.00 bits per heavy atom. The van der Waals surface area contributed by atoms with E-state index in [9.17, 15) is 4.79 Å². The number of anilines is 2. The highest BCUT2D eigenvalue weighted by Gasteiger charge is 2.42. The highest BCUT2D eigenvalue weighted by atomic mass is 16.2. The molecular formula is C17H23N3O. The molecular weight excluding hydrogens is 262 g/mol. The number of fused-ring (bicyclic) bond motifs is 2. The number of carbonyl (C=O) groups is 1. The van der Waals surface area contributed by atoms with Gasteiger partial charge in [-0.3, -0.25) is 4.79 Å². The van der Waals surface area contributed by atoms with Gasteiger partial charge in [-0.25, -0.2) is 0 Å². The molecule has 3 heterocycles. The Balaban J connectivity index is 1.50. The van der Waals surface area contributed by atoms with Gasteiger partial charge in [-0.2, -0.15) is 0 Å². The molecule has 0 radical (unpaired) electrons. The van der Waals surface area contributed by atoms with Crippen LogP contribution in [-0.2, 0) is 4.79 Å². The summed E-state index contributed by atoms with van der Waals surface area (Å²) in [5.41, 5.74) is 2.16. The van der Waals surface area contributed by atoms with Gasteiger partial charge in [-0.05, 0) is 44.2 Å². The molecule has 3 aliphatic heterocycles. The fraction of sp³-hybridized carbons (Fsp3) is 0.588. The van der Waals surface area contributed by atoms with Crippen LogP contribution in [-0.4, -0.2) is 31.1 Å². The van der Waals surface area contributed by atoms with Gasteiger partial charge in [0.15, 0.2) is 0 Å². The molecule has 3 aliphatic rings. The van der Waals surface area contributed by atoms with E-state index in [1.165, 1.54) is 24.9 Å². The third-order valence-electron chi connectivity index (χ3n) is 5.25. The van der Waals surface area contributed by atoms with Gasteiger partial charge in [0, 0.05) is 25.2 Å². The summed E-state index contributed by atoms with van der Waals surface area (Å²) in [4.78, 5) is 15.0. The number of para-hydroxylation sites is 2. The quantitative estimate of drug-likeness (QED) is 0.896. The molecule has 0 aliphatic carbocycles. The molecule has 1 aromatic carbocycles. The molecule has 3 atom stereocenters. The standard InChI is InChI=1S/C17H23N3O/c21-17(13-11-12-7-8-14(13)18-12)19-15-5-1-2-6-16(15)20-9-3-4-10-20/h1-2,5-6,12-14,18H,3-4,7-11H2,(H,19,21). The largest absolute Gasteiger partial charge is 0.370 e. The molecule has 0 spiro atoms. The van der Waals surface area contributed by atoms with Crippen LogP contribution in [0.1, 0.15) is 32.1 Å². The fourth-order valence-electron chi connectivity index (χ4n) is 4.15. The minimum Gasteiger partial charge on any atom is -0.370 e. The molecule has 3 unspecified atom stereocenters. The predicted octanol–water partition coefficient (Wildman–Crippen LogP) is 2.37. The second kappa shape index (κ2) is 5.34. The van der Waals surface area contributed by atoms with E-state index in [2.05, 4.69) is 27.7 Å². The van der Waals surface area contributed by atoms with E-state index in [0.29, 0.717) is 12.1 Å². The lowest BCUT2D eigenvalue weighted by Crippen LogP contribution is -2.33. The van der Waals surface area contributed by atoms with Crippen LogP contribution >= 0.6 is 0 Å². The van der Waals surface area contributed by atoms with Gasteiger partial charge in [0.25, 0.3) is 0 Å². The maximum Gasteiger partial charge on any atom is 0.229 e. The summed E-state index contributed by atoms with van der Waals surface area (Å²) in [6.07, 6.45) is 5.88. The Morgan fingerprint density at radius 1 is 1.19 bits per heavy atom. The third kappa shape index (κ3) is 2.42. The maximum absolute atomic E-state index is 12.6. The van der Waals surface area contributed by atoms with Gasteiger partial charge in [-0.1, -0.05) is 12.1 Å². The van der Waals surface area contributed by atoms with Crippen LogP contribution < -0.4 is 15.5 Å². The summed E-state index contributed by atoms with van der Waals surface area (Å²) < 4.78 is 0. The number of nitrogens with zero attached hydrogens (tertiary/aromatic N) is 1. The van der Waals surface area contributed by atoms with E-state index in [1.807, 2.05) is 12.1 Å². The molecule has 4 nitrogen and oxygen atoms in total. The van der Waals surface area contributed by atoms with Gasteiger partial charge >= 0.3 is 0 Å². The van der Waals surface area contributed by atoms with Crippen LogP contribution in [0.5, 0.6) is 0 Å². The first-order chi connectivity index (χ1) is 10.3. The monoisotopic (exact) mass is 285 g/mol. The molecule has 1 amide bonds. The number of hydrogen-bond acceptors (Lipinski definition) is 3. The number of amides is 1. The molecule has 2 bridgehead atoms. The minimum atomic E-state index is 0.149. The first kappa shape index (κ1) is 13.1. The van der Waals surface area contributed by atoms with Crippen molar-refractivity contribution in [2.45, 2.75) is 44.2 Å². The SMILES string of the molecule is O=C(Nc1ccccc1N1CCCC1)C1CC2CCC1N2.